The monoisotopic (exact) mass is 256 g/mol. The van der Waals surface area contributed by atoms with E-state index < -0.39 is 0 Å². The van der Waals surface area contributed by atoms with Crippen molar-refractivity contribution in [3.05, 3.63) is 42.0 Å². The van der Waals surface area contributed by atoms with Gasteiger partial charge in [-0.25, -0.2) is 0 Å². The van der Waals surface area contributed by atoms with E-state index >= 15 is 0 Å². The number of hydrogen-bond donors (Lipinski definition) is 0. The fourth-order valence-electron chi connectivity index (χ4n) is 2.22. The smallest absolute Gasteiger partial charge is 0.231 e. The summed E-state index contributed by atoms with van der Waals surface area (Å²) < 4.78 is 16.2. The summed E-state index contributed by atoms with van der Waals surface area (Å²) in [6.45, 7) is 0.141. The summed E-state index contributed by atoms with van der Waals surface area (Å²) in [6, 6.07) is 11.3. The number of aldehydes is 1. The first kappa shape index (κ1) is 11.6. The number of hydrogen-bond acceptors (Lipinski definition) is 4. The van der Waals surface area contributed by atoms with Crippen LogP contribution in [0, 0.1) is 0 Å². The molecule has 0 saturated carbocycles. The van der Waals surface area contributed by atoms with Crippen molar-refractivity contribution in [1.82, 2.24) is 0 Å². The summed E-state index contributed by atoms with van der Waals surface area (Å²) in [5.41, 5.74) is 2.15. The zero-order valence-electron chi connectivity index (χ0n) is 10.4. The molecule has 0 aliphatic carbocycles. The van der Waals surface area contributed by atoms with Gasteiger partial charge in [0.1, 0.15) is 0 Å². The lowest BCUT2D eigenvalue weighted by atomic mass is 9.98. The molecular weight excluding hydrogens is 244 g/mol. The predicted octanol–water partition coefficient (Wildman–Crippen LogP) is 2.90. The van der Waals surface area contributed by atoms with Crippen molar-refractivity contribution < 1.29 is 19.0 Å². The van der Waals surface area contributed by atoms with Crippen LogP contribution in [0.1, 0.15) is 10.4 Å². The minimum Gasteiger partial charge on any atom is -0.492 e. The number of benzene rings is 2. The normalized spacial score (nSPS) is 12.3. The van der Waals surface area contributed by atoms with Crippen molar-refractivity contribution in [2.75, 3.05) is 13.9 Å². The van der Waals surface area contributed by atoms with Crippen LogP contribution in [-0.4, -0.2) is 20.2 Å². The second-order valence-electron chi connectivity index (χ2n) is 4.09. The van der Waals surface area contributed by atoms with E-state index in [4.69, 9.17) is 14.2 Å². The molecule has 0 spiro atoms. The minimum atomic E-state index is 0.141. The molecule has 2 aromatic carbocycles. The average molecular weight is 256 g/mol. The summed E-state index contributed by atoms with van der Waals surface area (Å²) in [5.74, 6) is 1.62. The van der Waals surface area contributed by atoms with Crippen molar-refractivity contribution in [2.24, 2.45) is 0 Å². The molecule has 4 nitrogen and oxygen atoms in total. The third-order valence-corrected chi connectivity index (χ3v) is 3.04. The highest BCUT2D eigenvalue weighted by Gasteiger charge is 2.25. The third kappa shape index (κ3) is 1.81. The Balaban J connectivity index is 2.31. The molecule has 0 radical (unpaired) electrons. The van der Waals surface area contributed by atoms with Gasteiger partial charge in [-0.05, 0) is 11.6 Å². The summed E-state index contributed by atoms with van der Waals surface area (Å²) in [4.78, 5) is 11.3. The first-order valence-electron chi connectivity index (χ1n) is 5.86. The second-order valence-corrected chi connectivity index (χ2v) is 4.09. The van der Waals surface area contributed by atoms with Crippen molar-refractivity contribution in [1.29, 1.82) is 0 Å². The van der Waals surface area contributed by atoms with Gasteiger partial charge in [0.25, 0.3) is 0 Å². The van der Waals surface area contributed by atoms with Gasteiger partial charge < -0.3 is 14.2 Å². The highest BCUT2D eigenvalue weighted by molar-refractivity contribution is 5.93. The van der Waals surface area contributed by atoms with E-state index in [1.165, 1.54) is 0 Å². The summed E-state index contributed by atoms with van der Waals surface area (Å²) >= 11 is 0. The van der Waals surface area contributed by atoms with Gasteiger partial charge in [0, 0.05) is 11.1 Å². The number of carbonyl (C=O) groups is 1. The molecule has 1 heterocycles. The number of rotatable bonds is 3. The fourth-order valence-corrected chi connectivity index (χ4v) is 2.22. The molecule has 0 atom stereocenters. The van der Waals surface area contributed by atoms with Gasteiger partial charge >= 0.3 is 0 Å². The maximum Gasteiger partial charge on any atom is 0.231 e. The van der Waals surface area contributed by atoms with Gasteiger partial charge in [0.05, 0.1) is 7.11 Å². The highest BCUT2D eigenvalue weighted by Crippen LogP contribution is 2.48. The minimum absolute atomic E-state index is 0.141. The number of fused-ring (bicyclic) bond motifs is 1. The lowest BCUT2D eigenvalue weighted by molar-refractivity contribution is 0.112. The van der Waals surface area contributed by atoms with E-state index in [1.807, 2.05) is 30.3 Å². The average Bonchev–Trinajstić information content (AvgIpc) is 2.94. The molecule has 0 N–H and O–H groups in total. The van der Waals surface area contributed by atoms with Crippen LogP contribution < -0.4 is 14.2 Å². The molecule has 0 bridgehead atoms. The molecule has 2 aromatic rings. The molecule has 0 unspecified atom stereocenters. The Hall–Kier alpha value is -2.49. The molecule has 3 rings (SSSR count). The SMILES string of the molecule is COc1c2c(cc(C=O)c1-c1ccccc1)OCO2. The molecule has 19 heavy (non-hydrogen) atoms. The van der Waals surface area contributed by atoms with E-state index in [2.05, 4.69) is 0 Å². The molecule has 1 aliphatic heterocycles. The van der Waals surface area contributed by atoms with E-state index in [9.17, 15) is 4.79 Å². The zero-order valence-corrected chi connectivity index (χ0v) is 10.4. The van der Waals surface area contributed by atoms with Crippen LogP contribution in [0.4, 0.5) is 0 Å². The number of ether oxygens (including phenoxy) is 3. The standard InChI is InChI=1S/C15H12O4/c1-17-15-13(10-5-3-2-4-6-10)11(8-16)7-12-14(15)19-9-18-12/h2-8H,9H2,1H3. The van der Waals surface area contributed by atoms with Gasteiger partial charge in [0.2, 0.25) is 12.5 Å². The van der Waals surface area contributed by atoms with E-state index in [-0.39, 0.29) is 6.79 Å². The Morgan fingerprint density at radius 2 is 2.00 bits per heavy atom. The van der Waals surface area contributed by atoms with E-state index in [0.29, 0.717) is 22.8 Å². The molecule has 4 heteroatoms. The number of carbonyl (C=O) groups excluding carboxylic acids is 1. The van der Waals surface area contributed by atoms with Crippen LogP contribution in [0.25, 0.3) is 11.1 Å². The van der Waals surface area contributed by atoms with Crippen molar-refractivity contribution in [3.63, 3.8) is 0 Å². The Kier molecular flexibility index (Phi) is 2.83. The topological polar surface area (TPSA) is 44.8 Å². The van der Waals surface area contributed by atoms with Crippen LogP contribution in [-0.2, 0) is 0 Å². The quantitative estimate of drug-likeness (QED) is 0.792. The van der Waals surface area contributed by atoms with Gasteiger partial charge in [-0.2, -0.15) is 0 Å². The van der Waals surface area contributed by atoms with Gasteiger partial charge in [-0.3, -0.25) is 4.79 Å². The molecule has 0 saturated heterocycles. The molecular formula is C15H12O4. The third-order valence-electron chi connectivity index (χ3n) is 3.04. The van der Waals surface area contributed by atoms with E-state index in [1.54, 1.807) is 13.2 Å². The lowest BCUT2D eigenvalue weighted by Gasteiger charge is -2.13. The van der Waals surface area contributed by atoms with Crippen molar-refractivity contribution in [3.8, 4) is 28.4 Å². The van der Waals surface area contributed by atoms with Crippen LogP contribution in [0.15, 0.2) is 36.4 Å². The van der Waals surface area contributed by atoms with Crippen LogP contribution in [0.3, 0.4) is 0 Å². The first-order valence-corrected chi connectivity index (χ1v) is 5.86. The van der Waals surface area contributed by atoms with Crippen LogP contribution >= 0.6 is 0 Å². The highest BCUT2D eigenvalue weighted by atomic mass is 16.7. The fraction of sp³-hybridized carbons (Fsp3) is 0.133. The zero-order chi connectivity index (χ0) is 13.2. The Morgan fingerprint density at radius 1 is 1.21 bits per heavy atom. The summed E-state index contributed by atoms with van der Waals surface area (Å²) in [7, 11) is 1.55. The van der Waals surface area contributed by atoms with Crippen molar-refractivity contribution >= 4 is 6.29 Å². The number of methoxy groups -OCH3 is 1. The molecule has 0 aromatic heterocycles. The summed E-state index contributed by atoms with van der Waals surface area (Å²) in [6.07, 6.45) is 0.798. The predicted molar refractivity (Wildman–Crippen MR) is 69.9 cm³/mol. The van der Waals surface area contributed by atoms with Crippen LogP contribution in [0.2, 0.25) is 0 Å². The van der Waals surface area contributed by atoms with Gasteiger partial charge in [-0.15, -0.1) is 0 Å². The summed E-state index contributed by atoms with van der Waals surface area (Å²) in [5, 5.41) is 0. The Labute approximate surface area is 110 Å². The largest absolute Gasteiger partial charge is 0.492 e. The second kappa shape index (κ2) is 4.65. The Bertz CT molecular complexity index is 620. The lowest BCUT2D eigenvalue weighted by Crippen LogP contribution is -1.96. The maximum absolute atomic E-state index is 11.3. The molecule has 96 valence electrons. The Morgan fingerprint density at radius 3 is 2.68 bits per heavy atom. The molecule has 0 fully saturated rings. The molecule has 1 aliphatic rings. The first-order chi connectivity index (χ1) is 9.35. The van der Waals surface area contributed by atoms with Crippen LogP contribution in [0.5, 0.6) is 17.2 Å². The van der Waals surface area contributed by atoms with Crippen molar-refractivity contribution in [2.45, 2.75) is 0 Å². The van der Waals surface area contributed by atoms with Gasteiger partial charge in [-0.1, -0.05) is 30.3 Å². The van der Waals surface area contributed by atoms with Gasteiger partial charge in [0.15, 0.2) is 17.8 Å². The maximum atomic E-state index is 11.3. The molecule has 0 amide bonds. The van der Waals surface area contributed by atoms with E-state index in [0.717, 1.165) is 17.4 Å².